The summed E-state index contributed by atoms with van der Waals surface area (Å²) in [5, 5.41) is 3.21. The molecule has 0 aliphatic heterocycles. The number of carbonyl (C=O) groups excluding carboxylic acids is 1. The van der Waals surface area contributed by atoms with Gasteiger partial charge in [-0.25, -0.2) is 9.18 Å². The Balaban J connectivity index is 1.93. The minimum Gasteiger partial charge on any atom is -0.456 e. The molecule has 0 aliphatic rings. The number of ether oxygens (including phenoxy) is 1. The average Bonchev–Trinajstić information content (AvgIpc) is 2.68. The number of halogens is 1. The van der Waals surface area contributed by atoms with Gasteiger partial charge in [-0.05, 0) is 75.2 Å². The standard InChI is InChI=1S/C26H26FNO2/c1-18-5-7-19(8-6-18)9-10-20-11-16-23(25(29)30-26(2,3)4)24(17-20)28-22-14-12-21(27)13-15-22/h5-17,28H,1-4H3/b10-9+. The van der Waals surface area contributed by atoms with Gasteiger partial charge >= 0.3 is 5.97 Å². The number of anilines is 2. The molecule has 0 spiro atoms. The summed E-state index contributed by atoms with van der Waals surface area (Å²) >= 11 is 0. The number of benzene rings is 3. The van der Waals surface area contributed by atoms with E-state index in [9.17, 15) is 9.18 Å². The molecule has 0 heterocycles. The third kappa shape index (κ3) is 6.05. The second-order valence-electron chi connectivity index (χ2n) is 8.18. The zero-order chi connectivity index (χ0) is 21.7. The highest BCUT2D eigenvalue weighted by Crippen LogP contribution is 2.26. The van der Waals surface area contributed by atoms with E-state index in [2.05, 4.69) is 36.5 Å². The zero-order valence-corrected chi connectivity index (χ0v) is 17.7. The topological polar surface area (TPSA) is 38.3 Å². The van der Waals surface area contributed by atoms with Crippen LogP contribution in [0.1, 0.15) is 47.8 Å². The largest absolute Gasteiger partial charge is 0.456 e. The van der Waals surface area contributed by atoms with E-state index < -0.39 is 11.6 Å². The summed E-state index contributed by atoms with van der Waals surface area (Å²) in [6, 6.07) is 19.7. The van der Waals surface area contributed by atoms with Crippen molar-refractivity contribution in [2.45, 2.75) is 33.3 Å². The minimum atomic E-state index is -0.603. The molecular formula is C26H26FNO2. The maximum atomic E-state index is 13.3. The van der Waals surface area contributed by atoms with Gasteiger partial charge in [0.2, 0.25) is 0 Å². The molecule has 0 saturated heterocycles. The van der Waals surface area contributed by atoms with Crippen LogP contribution in [0.4, 0.5) is 15.8 Å². The van der Waals surface area contributed by atoms with Gasteiger partial charge in [0.15, 0.2) is 0 Å². The summed E-state index contributed by atoms with van der Waals surface area (Å²) in [5.41, 5.74) is 4.32. The Hall–Kier alpha value is -3.40. The number of aryl methyl sites for hydroxylation is 1. The predicted molar refractivity (Wildman–Crippen MR) is 121 cm³/mol. The lowest BCUT2D eigenvalue weighted by Gasteiger charge is -2.21. The molecule has 1 N–H and O–H groups in total. The van der Waals surface area contributed by atoms with Crippen LogP contribution in [-0.2, 0) is 4.74 Å². The smallest absolute Gasteiger partial charge is 0.340 e. The lowest BCUT2D eigenvalue weighted by molar-refractivity contribution is 0.00707. The van der Waals surface area contributed by atoms with Gasteiger partial charge in [0.1, 0.15) is 11.4 Å². The molecule has 3 aromatic carbocycles. The summed E-state index contributed by atoms with van der Waals surface area (Å²) in [4.78, 5) is 12.7. The van der Waals surface area contributed by atoms with Gasteiger partial charge < -0.3 is 10.1 Å². The van der Waals surface area contributed by atoms with Crippen LogP contribution in [0.15, 0.2) is 66.7 Å². The van der Waals surface area contributed by atoms with E-state index in [1.54, 1.807) is 18.2 Å². The lowest BCUT2D eigenvalue weighted by atomic mass is 10.1. The van der Waals surface area contributed by atoms with Crippen LogP contribution in [0.2, 0.25) is 0 Å². The number of rotatable bonds is 5. The predicted octanol–water partition coefficient (Wildman–Crippen LogP) is 7.00. The molecule has 3 aromatic rings. The van der Waals surface area contributed by atoms with Gasteiger partial charge in [-0.1, -0.05) is 48.0 Å². The van der Waals surface area contributed by atoms with Gasteiger partial charge in [-0.2, -0.15) is 0 Å². The SMILES string of the molecule is Cc1ccc(/C=C/c2ccc(C(=O)OC(C)(C)C)c(Nc3ccc(F)cc3)c2)cc1. The number of esters is 1. The fourth-order valence-corrected chi connectivity index (χ4v) is 2.84. The Bertz CT molecular complexity index is 1050. The van der Waals surface area contributed by atoms with Crippen LogP contribution in [0.3, 0.4) is 0 Å². The molecule has 0 atom stereocenters. The molecule has 154 valence electrons. The van der Waals surface area contributed by atoms with Gasteiger partial charge in [0.05, 0.1) is 11.3 Å². The van der Waals surface area contributed by atoms with Gasteiger partial charge in [-0.3, -0.25) is 0 Å². The molecule has 0 saturated carbocycles. The van der Waals surface area contributed by atoms with Crippen LogP contribution < -0.4 is 5.32 Å². The highest BCUT2D eigenvalue weighted by atomic mass is 19.1. The van der Waals surface area contributed by atoms with E-state index in [1.807, 2.05) is 45.1 Å². The summed E-state index contributed by atoms with van der Waals surface area (Å²) < 4.78 is 18.8. The van der Waals surface area contributed by atoms with Crippen molar-refractivity contribution in [2.24, 2.45) is 0 Å². The first kappa shape index (κ1) is 21.3. The maximum Gasteiger partial charge on any atom is 0.340 e. The van der Waals surface area contributed by atoms with E-state index in [4.69, 9.17) is 4.74 Å². The van der Waals surface area contributed by atoms with Crippen molar-refractivity contribution in [3.63, 3.8) is 0 Å². The molecule has 0 radical (unpaired) electrons. The van der Waals surface area contributed by atoms with Crippen LogP contribution in [0.25, 0.3) is 12.2 Å². The van der Waals surface area contributed by atoms with E-state index >= 15 is 0 Å². The molecule has 0 fully saturated rings. The second-order valence-corrected chi connectivity index (χ2v) is 8.18. The first-order chi connectivity index (χ1) is 14.2. The Kier molecular flexibility index (Phi) is 6.36. The number of nitrogens with one attached hydrogen (secondary N) is 1. The highest BCUT2D eigenvalue weighted by molar-refractivity contribution is 5.97. The summed E-state index contributed by atoms with van der Waals surface area (Å²) in [6.07, 6.45) is 4.00. The van der Waals surface area contributed by atoms with Crippen LogP contribution in [-0.4, -0.2) is 11.6 Å². The lowest BCUT2D eigenvalue weighted by Crippen LogP contribution is -2.24. The molecule has 3 rings (SSSR count). The molecule has 4 heteroatoms. The molecule has 0 aromatic heterocycles. The van der Waals surface area contributed by atoms with E-state index in [1.165, 1.54) is 17.7 Å². The molecular weight excluding hydrogens is 377 g/mol. The molecule has 0 bridgehead atoms. The monoisotopic (exact) mass is 403 g/mol. The number of hydrogen-bond acceptors (Lipinski definition) is 3. The quantitative estimate of drug-likeness (QED) is 0.368. The van der Waals surface area contributed by atoms with Gasteiger partial charge in [-0.15, -0.1) is 0 Å². The second kappa shape index (κ2) is 8.95. The Morgan fingerprint density at radius 2 is 1.50 bits per heavy atom. The van der Waals surface area contributed by atoms with Crippen LogP contribution in [0.5, 0.6) is 0 Å². The first-order valence-corrected chi connectivity index (χ1v) is 9.84. The molecule has 0 aliphatic carbocycles. The molecule has 3 nitrogen and oxygen atoms in total. The Labute approximate surface area is 177 Å². The molecule has 30 heavy (non-hydrogen) atoms. The fraction of sp³-hybridized carbons (Fsp3) is 0.192. The van der Waals surface area contributed by atoms with Gasteiger partial charge in [0, 0.05) is 5.69 Å². The fourth-order valence-electron chi connectivity index (χ4n) is 2.84. The minimum absolute atomic E-state index is 0.317. The molecule has 0 amide bonds. The summed E-state index contributed by atoms with van der Waals surface area (Å²) in [6.45, 7) is 7.54. The van der Waals surface area contributed by atoms with E-state index in [0.717, 1.165) is 11.1 Å². The average molecular weight is 403 g/mol. The summed E-state index contributed by atoms with van der Waals surface area (Å²) in [5.74, 6) is -0.733. The van der Waals surface area contributed by atoms with Crippen molar-refractivity contribution in [1.82, 2.24) is 0 Å². The normalized spacial score (nSPS) is 11.5. The van der Waals surface area contributed by atoms with E-state index in [-0.39, 0.29) is 5.82 Å². The van der Waals surface area contributed by atoms with Crippen molar-refractivity contribution in [1.29, 1.82) is 0 Å². The van der Waals surface area contributed by atoms with Crippen LogP contribution >= 0.6 is 0 Å². The van der Waals surface area contributed by atoms with Crippen molar-refractivity contribution in [3.05, 3.63) is 94.8 Å². The van der Waals surface area contributed by atoms with Crippen molar-refractivity contribution in [3.8, 4) is 0 Å². The van der Waals surface area contributed by atoms with E-state index in [0.29, 0.717) is 16.9 Å². The first-order valence-electron chi connectivity index (χ1n) is 9.84. The maximum absolute atomic E-state index is 13.3. The Morgan fingerprint density at radius 3 is 2.13 bits per heavy atom. The molecule has 0 unspecified atom stereocenters. The van der Waals surface area contributed by atoms with Crippen LogP contribution in [0, 0.1) is 12.7 Å². The van der Waals surface area contributed by atoms with Crippen molar-refractivity contribution < 1.29 is 13.9 Å². The van der Waals surface area contributed by atoms with Crippen molar-refractivity contribution in [2.75, 3.05) is 5.32 Å². The van der Waals surface area contributed by atoms with Gasteiger partial charge in [0.25, 0.3) is 0 Å². The van der Waals surface area contributed by atoms with Crippen molar-refractivity contribution >= 4 is 29.5 Å². The highest BCUT2D eigenvalue weighted by Gasteiger charge is 2.20. The zero-order valence-electron chi connectivity index (χ0n) is 17.7. The number of hydrogen-bond donors (Lipinski definition) is 1. The number of carbonyl (C=O) groups is 1. The third-order valence-electron chi connectivity index (χ3n) is 4.33. The Morgan fingerprint density at radius 1 is 0.900 bits per heavy atom. The summed E-state index contributed by atoms with van der Waals surface area (Å²) in [7, 11) is 0. The third-order valence-corrected chi connectivity index (χ3v) is 4.33.